The van der Waals surface area contributed by atoms with Gasteiger partial charge in [-0.3, -0.25) is 4.79 Å². The molecule has 0 aliphatic heterocycles. The third-order valence-electron chi connectivity index (χ3n) is 0.797. The largest absolute Gasteiger partial charge is 0.481 e. The van der Waals surface area contributed by atoms with Gasteiger partial charge in [-0.1, -0.05) is 0 Å². The van der Waals surface area contributed by atoms with E-state index in [2.05, 4.69) is 4.74 Å². The molecule has 0 fully saturated rings. The third-order valence-corrected chi connectivity index (χ3v) is 0.797. The first-order valence-corrected chi connectivity index (χ1v) is 2.83. The van der Waals surface area contributed by atoms with Crippen molar-refractivity contribution in [2.45, 2.75) is 12.6 Å². The minimum Gasteiger partial charge on any atom is -0.481 e. The Hall–Kier alpha value is -1.14. The quantitative estimate of drug-likeness (QED) is 0.441. The molecule has 6 heteroatoms. The van der Waals surface area contributed by atoms with Crippen molar-refractivity contribution in [3.8, 4) is 0 Å². The lowest BCUT2D eigenvalue weighted by molar-refractivity contribution is -0.148. The average molecular weight is 163 g/mol. The zero-order chi connectivity index (χ0) is 8.85. The summed E-state index contributed by atoms with van der Waals surface area (Å²) in [6.07, 6.45) is -1.45. The molecule has 1 unspecified atom stereocenters. The van der Waals surface area contributed by atoms with E-state index < -0.39 is 31.2 Å². The van der Waals surface area contributed by atoms with E-state index in [0.29, 0.717) is 0 Å². The maximum absolute atomic E-state index is 9.95. The number of aliphatic carboxylic acids is 2. The lowest BCUT2D eigenvalue weighted by Gasteiger charge is -2.07. The van der Waals surface area contributed by atoms with Gasteiger partial charge < -0.3 is 20.7 Å². The Morgan fingerprint density at radius 3 is 2.27 bits per heavy atom. The molecule has 0 aliphatic carbocycles. The zero-order valence-corrected chi connectivity index (χ0v) is 5.69. The summed E-state index contributed by atoms with van der Waals surface area (Å²) >= 11 is 0. The fraction of sp³-hybridized carbons (Fsp3) is 0.600. The van der Waals surface area contributed by atoms with Crippen molar-refractivity contribution in [2.24, 2.45) is 5.73 Å². The van der Waals surface area contributed by atoms with Gasteiger partial charge in [-0.2, -0.15) is 0 Å². The number of ether oxygens (including phenoxy) is 1. The molecular formula is C5H9NO5. The maximum Gasteiger partial charge on any atom is 0.329 e. The molecule has 0 aromatic heterocycles. The van der Waals surface area contributed by atoms with Crippen LogP contribution in [0.2, 0.25) is 0 Å². The molecule has 0 radical (unpaired) electrons. The van der Waals surface area contributed by atoms with Crippen molar-refractivity contribution in [2.75, 3.05) is 6.61 Å². The maximum atomic E-state index is 9.95. The number of nitrogens with two attached hydrogens (primary N) is 1. The van der Waals surface area contributed by atoms with E-state index in [1.165, 1.54) is 0 Å². The highest BCUT2D eigenvalue weighted by molar-refractivity contribution is 5.68. The van der Waals surface area contributed by atoms with E-state index in [1.54, 1.807) is 0 Å². The molecule has 0 bridgehead atoms. The predicted octanol–water partition coefficient (Wildman–Crippen LogP) is -1.15. The van der Waals surface area contributed by atoms with Crippen molar-refractivity contribution in [3.63, 3.8) is 0 Å². The molecule has 1 atom stereocenters. The summed E-state index contributed by atoms with van der Waals surface area (Å²) in [6, 6.07) is 0. The van der Waals surface area contributed by atoms with Crippen LogP contribution in [0.15, 0.2) is 0 Å². The summed E-state index contributed by atoms with van der Waals surface area (Å²) in [5.41, 5.74) is 5.06. The SMILES string of the molecule is NC(CC(=O)O)OCC(=O)O. The van der Waals surface area contributed by atoms with E-state index >= 15 is 0 Å². The van der Waals surface area contributed by atoms with Gasteiger partial charge in [0.25, 0.3) is 0 Å². The molecule has 64 valence electrons. The minimum atomic E-state index is -1.18. The van der Waals surface area contributed by atoms with Crippen LogP contribution < -0.4 is 5.73 Å². The Balaban J connectivity index is 3.44. The van der Waals surface area contributed by atoms with Crippen LogP contribution in [0.3, 0.4) is 0 Å². The molecule has 0 spiro atoms. The second kappa shape index (κ2) is 4.64. The van der Waals surface area contributed by atoms with E-state index in [4.69, 9.17) is 15.9 Å². The Bertz CT molecular complexity index is 157. The van der Waals surface area contributed by atoms with Crippen LogP contribution in [-0.4, -0.2) is 35.0 Å². The van der Waals surface area contributed by atoms with Crippen LogP contribution in [0, 0.1) is 0 Å². The van der Waals surface area contributed by atoms with Crippen molar-refractivity contribution < 1.29 is 24.5 Å². The number of carbonyl (C=O) groups is 2. The van der Waals surface area contributed by atoms with Crippen molar-refractivity contribution >= 4 is 11.9 Å². The van der Waals surface area contributed by atoms with Crippen LogP contribution in [0.25, 0.3) is 0 Å². The standard InChI is InChI=1S/C5H9NO5/c6-3(1-4(7)8)11-2-5(9)10/h3H,1-2,6H2,(H,7,8)(H,9,10). The fourth-order valence-electron chi connectivity index (χ4n) is 0.409. The smallest absolute Gasteiger partial charge is 0.329 e. The molecule has 0 saturated carbocycles. The average Bonchev–Trinajstić information content (AvgIpc) is 1.82. The topological polar surface area (TPSA) is 110 Å². The number of carboxylic acids is 2. The molecular weight excluding hydrogens is 154 g/mol. The number of rotatable bonds is 5. The van der Waals surface area contributed by atoms with Gasteiger partial charge in [0.2, 0.25) is 0 Å². The second-order valence-electron chi connectivity index (χ2n) is 1.84. The fourth-order valence-corrected chi connectivity index (χ4v) is 0.409. The van der Waals surface area contributed by atoms with Gasteiger partial charge in [-0.15, -0.1) is 0 Å². The van der Waals surface area contributed by atoms with Crippen molar-refractivity contribution in [1.82, 2.24) is 0 Å². The molecule has 0 heterocycles. The van der Waals surface area contributed by atoms with Crippen LogP contribution in [-0.2, 0) is 14.3 Å². The van der Waals surface area contributed by atoms with E-state index in [-0.39, 0.29) is 0 Å². The first-order valence-electron chi connectivity index (χ1n) is 2.83. The molecule has 0 saturated heterocycles. The summed E-state index contributed by atoms with van der Waals surface area (Å²) in [5, 5.41) is 16.2. The van der Waals surface area contributed by atoms with E-state index in [0.717, 1.165) is 0 Å². The van der Waals surface area contributed by atoms with Crippen LogP contribution in [0.1, 0.15) is 6.42 Å². The first-order chi connectivity index (χ1) is 5.02. The monoisotopic (exact) mass is 163 g/mol. The zero-order valence-electron chi connectivity index (χ0n) is 5.69. The van der Waals surface area contributed by atoms with Gasteiger partial charge in [-0.25, -0.2) is 4.79 Å². The van der Waals surface area contributed by atoms with Gasteiger partial charge in [0.05, 0.1) is 6.42 Å². The van der Waals surface area contributed by atoms with Crippen LogP contribution in [0.5, 0.6) is 0 Å². The molecule has 0 rings (SSSR count). The van der Waals surface area contributed by atoms with Crippen LogP contribution >= 0.6 is 0 Å². The highest BCUT2D eigenvalue weighted by Crippen LogP contribution is 1.89. The normalized spacial score (nSPS) is 12.5. The van der Waals surface area contributed by atoms with Gasteiger partial charge in [0.15, 0.2) is 0 Å². The molecule has 0 aromatic rings. The predicted molar refractivity (Wildman–Crippen MR) is 33.8 cm³/mol. The highest BCUT2D eigenvalue weighted by atomic mass is 16.5. The summed E-state index contributed by atoms with van der Waals surface area (Å²) < 4.78 is 4.41. The molecule has 6 nitrogen and oxygen atoms in total. The van der Waals surface area contributed by atoms with Gasteiger partial charge in [0.1, 0.15) is 12.8 Å². The van der Waals surface area contributed by atoms with Crippen molar-refractivity contribution in [3.05, 3.63) is 0 Å². The molecule has 4 N–H and O–H groups in total. The first kappa shape index (κ1) is 9.86. The molecule has 0 amide bonds. The van der Waals surface area contributed by atoms with E-state index in [9.17, 15) is 9.59 Å². The number of hydrogen-bond acceptors (Lipinski definition) is 4. The summed E-state index contributed by atoms with van der Waals surface area (Å²) in [4.78, 5) is 19.8. The van der Waals surface area contributed by atoms with E-state index in [1.807, 2.05) is 0 Å². The summed E-state index contributed by atoms with van der Waals surface area (Å²) in [7, 11) is 0. The third kappa shape index (κ3) is 6.75. The van der Waals surface area contributed by atoms with Gasteiger partial charge in [-0.05, 0) is 0 Å². The second-order valence-corrected chi connectivity index (χ2v) is 1.84. The molecule has 0 aliphatic rings. The van der Waals surface area contributed by atoms with Crippen molar-refractivity contribution in [1.29, 1.82) is 0 Å². The van der Waals surface area contributed by atoms with Gasteiger partial charge in [0, 0.05) is 0 Å². The lowest BCUT2D eigenvalue weighted by Crippen LogP contribution is -2.29. The number of carboxylic acid groups (broad SMARTS) is 2. The highest BCUT2D eigenvalue weighted by Gasteiger charge is 2.09. The van der Waals surface area contributed by atoms with Gasteiger partial charge >= 0.3 is 11.9 Å². The van der Waals surface area contributed by atoms with Crippen LogP contribution in [0.4, 0.5) is 0 Å². The molecule has 0 aromatic carbocycles. The lowest BCUT2D eigenvalue weighted by atomic mass is 10.4. The summed E-state index contributed by atoms with van der Waals surface area (Å²) in [6.45, 7) is -0.575. The Labute approximate surface area is 62.6 Å². The Morgan fingerprint density at radius 1 is 1.36 bits per heavy atom. The minimum absolute atomic E-state index is 0.396. The summed E-state index contributed by atoms with van der Waals surface area (Å²) in [5.74, 6) is -2.30. The Morgan fingerprint density at radius 2 is 1.91 bits per heavy atom. The number of hydrogen-bond donors (Lipinski definition) is 3. The molecule has 11 heavy (non-hydrogen) atoms. The Kier molecular flexibility index (Phi) is 4.16.